The third-order valence-electron chi connectivity index (χ3n) is 9.75. The van der Waals surface area contributed by atoms with Gasteiger partial charge in [0, 0.05) is 24.5 Å². The number of nitrogens with zero attached hydrogens (tertiary/aromatic N) is 2. The van der Waals surface area contributed by atoms with Gasteiger partial charge in [-0.3, -0.25) is 4.79 Å². The summed E-state index contributed by atoms with van der Waals surface area (Å²) in [4.78, 5) is 30.8. The Morgan fingerprint density at radius 3 is 2.23 bits per heavy atom. The molecule has 0 unspecified atom stereocenters. The molecule has 0 amide bonds. The van der Waals surface area contributed by atoms with Gasteiger partial charge >= 0.3 is 5.97 Å². The Labute approximate surface area is 263 Å². The lowest BCUT2D eigenvalue weighted by atomic mass is 9.78. The molecule has 2 aliphatic heterocycles. The number of rotatable bonds is 6. The second kappa shape index (κ2) is 15.1. The van der Waals surface area contributed by atoms with Crippen molar-refractivity contribution in [1.82, 2.24) is 9.80 Å². The standard InChI is InChI=1S/C32H59FN2O9/c1-12-14-34(10)22-15-19(4)42-28(24(22)36)44-27-20(5)25(37)31(8,33)29(39)43-23(13-2)32(9,41)26(38)21(6)35(11)17-18(3)16-30(27,7)40/h18-24,26-28,36,38,40-41H,12-17H2,1-11H3/t18-,19-,20+,21-,22+,23-,24-,26-,27-,28+,30-,31+,32-/m1/s1. The van der Waals surface area contributed by atoms with Crippen LogP contribution < -0.4 is 0 Å². The summed E-state index contributed by atoms with van der Waals surface area (Å²) in [5.74, 6) is -4.31. The molecule has 0 aromatic carbocycles. The van der Waals surface area contributed by atoms with Gasteiger partial charge in [0.2, 0.25) is 0 Å². The Morgan fingerprint density at radius 1 is 1.09 bits per heavy atom. The fraction of sp³-hybridized carbons (Fsp3) is 0.938. The second-order valence-electron chi connectivity index (χ2n) is 14.1. The number of carbonyl (C=O) groups is 2. The molecule has 258 valence electrons. The van der Waals surface area contributed by atoms with Crippen molar-refractivity contribution in [3.63, 3.8) is 0 Å². The molecule has 2 fully saturated rings. The Hall–Kier alpha value is -1.25. The SMILES string of the molecule is CCCN(C)[C@H]1C[C@@H](C)O[C@@H](O[C@@H]2[C@@H](C)C(=O)[C@](C)(F)C(=O)O[C@H](CC)[C@@](C)(O)[C@H](O)[C@@H](C)N(C)C[C@H](C)C[C@@]2(C)O)[C@@H]1O. The van der Waals surface area contributed by atoms with E-state index in [1.807, 2.05) is 37.6 Å². The van der Waals surface area contributed by atoms with Crippen molar-refractivity contribution in [2.24, 2.45) is 11.8 Å². The van der Waals surface area contributed by atoms with Crippen LogP contribution in [0.1, 0.15) is 88.0 Å². The Kier molecular flexibility index (Phi) is 13.4. The second-order valence-corrected chi connectivity index (χ2v) is 14.1. The molecule has 4 N–H and O–H groups in total. The van der Waals surface area contributed by atoms with Gasteiger partial charge in [0.05, 0.1) is 17.8 Å². The third kappa shape index (κ3) is 8.56. The van der Waals surface area contributed by atoms with Crippen LogP contribution in [-0.4, -0.2) is 135 Å². The predicted octanol–water partition coefficient (Wildman–Crippen LogP) is 2.06. The molecule has 0 bridgehead atoms. The number of halogens is 1. The Balaban J connectivity index is 2.59. The van der Waals surface area contributed by atoms with Crippen LogP contribution in [0.3, 0.4) is 0 Å². The zero-order chi connectivity index (χ0) is 33.9. The fourth-order valence-corrected chi connectivity index (χ4v) is 7.03. The van der Waals surface area contributed by atoms with Crippen molar-refractivity contribution in [1.29, 1.82) is 0 Å². The van der Waals surface area contributed by atoms with E-state index < -0.39 is 71.3 Å². The van der Waals surface area contributed by atoms with Gasteiger partial charge in [-0.1, -0.05) is 27.7 Å². The van der Waals surface area contributed by atoms with E-state index in [0.29, 0.717) is 13.0 Å². The maximum Gasteiger partial charge on any atom is 0.351 e. The molecule has 2 heterocycles. The molecule has 13 atom stereocenters. The first-order valence-corrected chi connectivity index (χ1v) is 16.1. The highest BCUT2D eigenvalue weighted by Crippen LogP contribution is 2.37. The highest BCUT2D eigenvalue weighted by Gasteiger charge is 2.54. The first kappa shape index (κ1) is 38.9. The molecule has 11 nitrogen and oxygen atoms in total. The van der Waals surface area contributed by atoms with Crippen molar-refractivity contribution < 1.29 is 48.6 Å². The van der Waals surface area contributed by atoms with Crippen LogP contribution in [0, 0.1) is 11.8 Å². The summed E-state index contributed by atoms with van der Waals surface area (Å²) in [6, 6.07) is -0.938. The Morgan fingerprint density at radius 2 is 1.68 bits per heavy atom. The minimum Gasteiger partial charge on any atom is -0.457 e. The van der Waals surface area contributed by atoms with E-state index in [4.69, 9.17) is 14.2 Å². The van der Waals surface area contributed by atoms with E-state index >= 15 is 4.39 Å². The van der Waals surface area contributed by atoms with E-state index in [2.05, 4.69) is 0 Å². The first-order chi connectivity index (χ1) is 20.1. The van der Waals surface area contributed by atoms with Crippen LogP contribution in [0.25, 0.3) is 0 Å². The van der Waals surface area contributed by atoms with Gasteiger partial charge in [-0.25, -0.2) is 9.18 Å². The summed E-state index contributed by atoms with van der Waals surface area (Å²) in [6.45, 7) is 15.2. The predicted molar refractivity (Wildman–Crippen MR) is 164 cm³/mol. The zero-order valence-electron chi connectivity index (χ0n) is 28.6. The van der Waals surface area contributed by atoms with Crippen LogP contribution in [0.5, 0.6) is 0 Å². The molecule has 2 saturated heterocycles. The first-order valence-electron chi connectivity index (χ1n) is 16.1. The van der Waals surface area contributed by atoms with E-state index in [-0.39, 0.29) is 30.9 Å². The molecule has 12 heteroatoms. The molecule has 2 aliphatic rings. The molecule has 0 aromatic rings. The van der Waals surface area contributed by atoms with Gasteiger partial charge in [0.1, 0.15) is 23.9 Å². The number of cyclic esters (lactones) is 1. The number of carbonyl (C=O) groups excluding carboxylic acids is 2. The van der Waals surface area contributed by atoms with E-state index in [1.54, 1.807) is 20.9 Å². The van der Waals surface area contributed by atoms with Gasteiger partial charge in [-0.2, -0.15) is 0 Å². The van der Waals surface area contributed by atoms with Gasteiger partial charge < -0.3 is 44.4 Å². The van der Waals surface area contributed by atoms with Crippen LogP contribution in [0.15, 0.2) is 0 Å². The average Bonchev–Trinajstić information content (AvgIpc) is 2.92. The van der Waals surface area contributed by atoms with Crippen molar-refractivity contribution in [3.05, 3.63) is 0 Å². The highest BCUT2D eigenvalue weighted by molar-refractivity contribution is 6.07. The summed E-state index contributed by atoms with van der Waals surface area (Å²) in [5.41, 5.74) is -6.89. The summed E-state index contributed by atoms with van der Waals surface area (Å²) >= 11 is 0. The molecular formula is C32H59FN2O9. The molecule has 44 heavy (non-hydrogen) atoms. The lowest BCUT2D eigenvalue weighted by molar-refractivity contribution is -0.294. The minimum absolute atomic E-state index is 0.0473. The van der Waals surface area contributed by atoms with Crippen molar-refractivity contribution >= 4 is 11.8 Å². The summed E-state index contributed by atoms with van der Waals surface area (Å²) < 4.78 is 33.9. The number of hydrogen-bond donors (Lipinski definition) is 4. The largest absolute Gasteiger partial charge is 0.457 e. The van der Waals surface area contributed by atoms with E-state index in [0.717, 1.165) is 19.9 Å². The number of aliphatic hydroxyl groups excluding tert-OH is 2. The van der Waals surface area contributed by atoms with Crippen molar-refractivity contribution in [3.8, 4) is 0 Å². The summed E-state index contributed by atoms with van der Waals surface area (Å²) in [7, 11) is 3.66. The number of aliphatic hydroxyl groups is 4. The maximum absolute atomic E-state index is 16.2. The molecule has 0 aliphatic carbocycles. The topological polar surface area (TPSA) is 149 Å². The molecule has 2 rings (SSSR count). The highest BCUT2D eigenvalue weighted by atomic mass is 19.1. The average molecular weight is 635 g/mol. The van der Waals surface area contributed by atoms with Crippen molar-refractivity contribution in [2.75, 3.05) is 27.2 Å². The lowest BCUT2D eigenvalue weighted by Gasteiger charge is -2.46. The molecule has 0 aromatic heterocycles. The van der Waals surface area contributed by atoms with Crippen LogP contribution in [0.2, 0.25) is 0 Å². The normalized spacial score (nSPS) is 45.9. The number of ketones is 1. The Bertz CT molecular complexity index is 964. The molecule has 0 saturated carbocycles. The van der Waals surface area contributed by atoms with E-state index in [9.17, 15) is 30.0 Å². The van der Waals surface area contributed by atoms with Gasteiger partial charge in [0.15, 0.2) is 12.1 Å². The number of ether oxygens (including phenoxy) is 3. The van der Waals surface area contributed by atoms with Crippen LogP contribution >= 0.6 is 0 Å². The van der Waals surface area contributed by atoms with Gasteiger partial charge in [0.25, 0.3) is 5.67 Å². The van der Waals surface area contributed by atoms with Crippen molar-refractivity contribution in [2.45, 2.75) is 154 Å². The van der Waals surface area contributed by atoms with Gasteiger partial charge in [-0.05, 0) is 86.9 Å². The fourth-order valence-electron chi connectivity index (χ4n) is 7.03. The van der Waals surface area contributed by atoms with Gasteiger partial charge in [-0.15, -0.1) is 0 Å². The smallest absolute Gasteiger partial charge is 0.351 e. The van der Waals surface area contributed by atoms with Crippen LogP contribution in [0.4, 0.5) is 4.39 Å². The van der Waals surface area contributed by atoms with Crippen LogP contribution in [-0.2, 0) is 23.8 Å². The molecular weight excluding hydrogens is 575 g/mol. The number of likely N-dealkylation sites (N-methyl/N-ethyl adjacent to an activating group) is 2. The number of esters is 1. The lowest BCUT2D eigenvalue weighted by Crippen LogP contribution is -2.60. The number of alkyl halides is 1. The number of hydrogen-bond acceptors (Lipinski definition) is 11. The molecule has 0 radical (unpaired) electrons. The quantitative estimate of drug-likeness (QED) is 0.251. The zero-order valence-corrected chi connectivity index (χ0v) is 28.6. The maximum atomic E-state index is 16.2. The third-order valence-corrected chi connectivity index (χ3v) is 9.75. The van der Waals surface area contributed by atoms with E-state index in [1.165, 1.54) is 20.8 Å². The molecule has 0 spiro atoms. The summed E-state index contributed by atoms with van der Waals surface area (Å²) in [5, 5.41) is 45.7. The minimum atomic E-state index is -3.18. The number of Topliss-reactive ketones (excluding diaryl/α,β-unsaturated/α-hetero) is 1. The monoisotopic (exact) mass is 634 g/mol. The summed E-state index contributed by atoms with van der Waals surface area (Å²) in [6.07, 6.45) is -5.24.